The Morgan fingerprint density at radius 3 is 1.33 bits per heavy atom. The number of carboxylic acid groups (broad SMARTS) is 2. The number of carbonyl (C=O) groups is 1. The van der Waals surface area contributed by atoms with Crippen molar-refractivity contribution in [1.29, 1.82) is 0 Å². The fraction of sp³-hybridized carbons (Fsp3) is 0. The maximum Gasteiger partial charge on any atom is 2.00 e. The molecule has 0 radical (unpaired) electrons. The Morgan fingerprint density at radius 2 is 1.33 bits per heavy atom. The summed E-state index contributed by atoms with van der Waals surface area (Å²) >= 11 is 0. The second-order valence-electron chi connectivity index (χ2n) is 0.250. The van der Waals surface area contributed by atoms with Crippen molar-refractivity contribution in [3.63, 3.8) is 0 Å². The molecule has 1 atom stereocenters. The van der Waals surface area contributed by atoms with Crippen LogP contribution in [0.15, 0.2) is 0 Å². The summed E-state index contributed by atoms with van der Waals surface area (Å²) in [4.78, 5) is 8.33. The number of hydrogen-bond acceptors (Lipinski definition) is 3. The van der Waals surface area contributed by atoms with Crippen molar-refractivity contribution in [2.75, 3.05) is 0 Å². The van der Waals surface area contributed by atoms with Gasteiger partial charge in [0.15, 0.2) is 0 Å². The molecule has 0 aliphatic carbocycles. The number of hydrogen-bond donors (Lipinski definition) is 0. The van der Waals surface area contributed by atoms with Gasteiger partial charge in [-0.25, -0.2) is 0 Å². The minimum absolute atomic E-state index is 0. The van der Waals surface area contributed by atoms with Gasteiger partial charge in [-0.05, 0) is 6.16 Å². The van der Waals surface area contributed by atoms with Crippen molar-refractivity contribution in [3.05, 3.63) is 0 Å². The normalized spacial score (nSPS) is 4.00. The van der Waals surface area contributed by atoms with Gasteiger partial charge in [0.25, 0.3) is 0 Å². The number of rotatable bonds is 0. The minimum atomic E-state index is -2.33. The monoisotopic (exact) mass is 178 g/mol. The van der Waals surface area contributed by atoms with Gasteiger partial charge in [-0.1, -0.05) is 0 Å². The first-order chi connectivity index (χ1) is 1.73. The maximum atomic E-state index is 8.33. The molecule has 0 heterocycles. The van der Waals surface area contributed by atoms with Gasteiger partial charge in [-0.2, -0.15) is 0 Å². The second-order valence-corrected chi connectivity index (χ2v) is 0.250. The fourth-order valence-electron chi connectivity index (χ4n) is 0. The summed E-state index contributed by atoms with van der Waals surface area (Å²) < 4.78 is 0. The van der Waals surface area contributed by atoms with E-state index in [-0.39, 0.29) is 55.7 Å². The molecule has 0 fully saturated rings. The molecule has 0 N–H and O–H groups in total. The van der Waals surface area contributed by atoms with Gasteiger partial charge in [0.1, 0.15) is 0 Å². The first-order valence-electron chi connectivity index (χ1n) is 0.612. The molecule has 0 bridgehead atoms. The van der Waals surface area contributed by atoms with Crippen LogP contribution < -0.4 is 10.2 Å². The van der Waals surface area contributed by atoms with E-state index in [1.807, 2.05) is 0 Å². The molecule has 0 aliphatic rings. The molecule has 0 amide bonds. The Kier molecular flexibility index (Phi) is 24.7. The molecule has 0 saturated heterocycles. The van der Waals surface area contributed by atoms with Gasteiger partial charge in [0.05, 0.1) is 0 Å². The van der Waals surface area contributed by atoms with E-state index in [4.69, 9.17) is 15.0 Å². The Balaban J connectivity index is -0.0000000450. The molecular weight excluding hydrogens is 175 g/mol. The van der Waals surface area contributed by atoms with Crippen LogP contribution in [0.3, 0.4) is 0 Å². The minimum Gasteiger partial charge on any atom is 2.00 e. The summed E-state index contributed by atoms with van der Waals surface area (Å²) in [6.45, 7) is 0. The maximum absolute atomic E-state index is 8.33. The smallest absolute Gasteiger partial charge is 2.00 e. The summed E-state index contributed by atoms with van der Waals surface area (Å²) in [5, 5.41) is 16.7. The third-order valence-corrected chi connectivity index (χ3v) is 0. The molecule has 0 spiro atoms. The van der Waals surface area contributed by atoms with Gasteiger partial charge in [-0.3, -0.25) is 0 Å². The summed E-state index contributed by atoms with van der Waals surface area (Å²) in [5.74, 6) is 0. The standard InChI is InChI=1S/CH2O3.AsH3.Ca/c2-1(3)4;;/h(H2,2,3,4);1H3;/q;;+2/p-2. The van der Waals surface area contributed by atoms with Crippen LogP contribution in [0.5, 0.6) is 0 Å². The summed E-state index contributed by atoms with van der Waals surface area (Å²) in [6, 6.07) is 0. The third-order valence-electron chi connectivity index (χ3n) is 0. The molecule has 0 aromatic carbocycles. The average molecular weight is 178 g/mol. The Bertz CT molecular complexity index is 33.8. The van der Waals surface area contributed by atoms with Crippen molar-refractivity contribution in [3.8, 4) is 0 Å². The predicted molar refractivity (Wildman–Crippen MR) is 21.1 cm³/mol. The van der Waals surface area contributed by atoms with Crippen LogP contribution in [-0.4, -0.2) is 61.8 Å². The van der Waals surface area contributed by atoms with Gasteiger partial charge in [0.2, 0.25) is 0 Å². The molecule has 0 saturated carbocycles. The van der Waals surface area contributed by atoms with Crippen molar-refractivity contribution in [1.82, 2.24) is 0 Å². The van der Waals surface area contributed by atoms with E-state index in [0.717, 1.165) is 0 Å². The molecule has 3 nitrogen and oxygen atoms in total. The van der Waals surface area contributed by atoms with E-state index in [2.05, 4.69) is 0 Å². The van der Waals surface area contributed by atoms with E-state index in [1.54, 1.807) is 0 Å². The fourth-order valence-corrected chi connectivity index (χ4v) is 0. The molecule has 1 unspecified atom stereocenters. The van der Waals surface area contributed by atoms with Crippen LogP contribution >= 0.6 is 0 Å². The van der Waals surface area contributed by atoms with E-state index in [0.29, 0.717) is 0 Å². The predicted octanol–water partition coefficient (Wildman–Crippen LogP) is -4.01. The summed E-state index contributed by atoms with van der Waals surface area (Å²) in [6.07, 6.45) is -2.33. The zero-order chi connectivity index (χ0) is 3.58. The van der Waals surface area contributed by atoms with E-state index in [1.165, 1.54) is 0 Å². The Morgan fingerprint density at radius 1 is 1.33 bits per heavy atom. The molecule has 32 valence electrons. The topological polar surface area (TPSA) is 63.2 Å². The third kappa shape index (κ3) is 71.8. The van der Waals surface area contributed by atoms with Crippen LogP contribution in [0.2, 0.25) is 0 Å². The van der Waals surface area contributed by atoms with Crippen LogP contribution in [0, 0.1) is 0 Å². The molecule has 5 heteroatoms. The van der Waals surface area contributed by atoms with Crippen LogP contribution in [0.25, 0.3) is 0 Å². The first kappa shape index (κ1) is 15.7. The van der Waals surface area contributed by atoms with E-state index >= 15 is 0 Å². The van der Waals surface area contributed by atoms with Gasteiger partial charge in [-0.15, -0.1) is 0 Å². The van der Waals surface area contributed by atoms with E-state index < -0.39 is 6.16 Å². The molecule has 0 aliphatic heterocycles. The second kappa shape index (κ2) is 9.43. The van der Waals surface area contributed by atoms with Crippen LogP contribution in [-0.2, 0) is 0 Å². The molecular formula is CH3AsCaO3. The van der Waals surface area contributed by atoms with Crippen LogP contribution in [0.4, 0.5) is 4.79 Å². The number of carbonyl (C=O) groups excluding carboxylic acids is 1. The Hall–Kier alpha value is 1.09. The Labute approximate surface area is 76.0 Å². The van der Waals surface area contributed by atoms with Gasteiger partial charge >= 0.3 is 55.7 Å². The average Bonchev–Trinajstić information content (AvgIpc) is 0.811. The van der Waals surface area contributed by atoms with Crippen molar-refractivity contribution in [2.24, 2.45) is 0 Å². The first-order valence-corrected chi connectivity index (χ1v) is 0.612. The molecule has 0 rings (SSSR count). The van der Waals surface area contributed by atoms with Crippen molar-refractivity contribution >= 4 is 61.8 Å². The van der Waals surface area contributed by atoms with Gasteiger partial charge in [0, 0.05) is 0 Å². The SMILES string of the molecule is O=C([O-])[O-].[AsH3].[Ca+2]. The van der Waals surface area contributed by atoms with Gasteiger partial charge < -0.3 is 15.0 Å². The van der Waals surface area contributed by atoms with Crippen molar-refractivity contribution in [2.45, 2.75) is 0 Å². The van der Waals surface area contributed by atoms with Crippen LogP contribution in [0.1, 0.15) is 0 Å². The quantitative estimate of drug-likeness (QED) is 0.355. The summed E-state index contributed by atoms with van der Waals surface area (Å²) in [7, 11) is 0. The summed E-state index contributed by atoms with van der Waals surface area (Å²) in [5.41, 5.74) is 0. The molecule has 0 aromatic heterocycles. The zero-order valence-electron chi connectivity index (χ0n) is 3.14. The van der Waals surface area contributed by atoms with Crippen molar-refractivity contribution < 1.29 is 15.0 Å². The van der Waals surface area contributed by atoms with E-state index in [9.17, 15) is 0 Å². The largest absolute Gasteiger partial charge is 2.00 e. The molecule has 6 heavy (non-hydrogen) atoms. The molecule has 0 aromatic rings. The zero-order valence-corrected chi connectivity index (χ0v) is 8.31.